The van der Waals surface area contributed by atoms with Gasteiger partial charge in [0, 0.05) is 32.5 Å². The highest BCUT2D eigenvalue weighted by atomic mass is 15.2. The molecule has 0 aromatic carbocycles. The molecular formula is C18H32N4. The van der Waals surface area contributed by atoms with Crippen molar-refractivity contribution in [2.24, 2.45) is 10.9 Å². The Hall–Kier alpha value is -1.58. The summed E-state index contributed by atoms with van der Waals surface area (Å²) in [7, 11) is 1.83. The van der Waals surface area contributed by atoms with Crippen LogP contribution in [0, 0.1) is 12.8 Å². The molecule has 4 nitrogen and oxygen atoms in total. The molecule has 1 rings (SSSR count). The normalized spacial score (nSPS) is 13.0. The van der Waals surface area contributed by atoms with Crippen molar-refractivity contribution in [3.8, 4) is 0 Å². The number of aromatic nitrogens is 1. The van der Waals surface area contributed by atoms with Crippen LogP contribution in [0.15, 0.2) is 23.5 Å². The highest BCUT2D eigenvalue weighted by molar-refractivity contribution is 5.79. The Morgan fingerprint density at radius 1 is 1.32 bits per heavy atom. The summed E-state index contributed by atoms with van der Waals surface area (Å²) in [5.74, 6) is 1.64. The molecule has 1 aromatic heterocycles. The molecule has 2 N–H and O–H groups in total. The first-order chi connectivity index (χ1) is 10.7. The molecule has 0 radical (unpaired) electrons. The predicted molar refractivity (Wildman–Crippen MR) is 95.3 cm³/mol. The molecule has 22 heavy (non-hydrogen) atoms. The maximum Gasteiger partial charge on any atom is 0.190 e. The van der Waals surface area contributed by atoms with Gasteiger partial charge in [0.25, 0.3) is 0 Å². The van der Waals surface area contributed by atoms with Gasteiger partial charge in [-0.15, -0.1) is 0 Å². The third kappa shape index (κ3) is 6.92. The smallest absolute Gasteiger partial charge is 0.190 e. The van der Waals surface area contributed by atoms with Gasteiger partial charge in [-0.1, -0.05) is 33.1 Å². The molecule has 0 fully saturated rings. The first-order valence-electron chi connectivity index (χ1n) is 8.55. The van der Waals surface area contributed by atoms with E-state index in [1.54, 1.807) is 0 Å². The third-order valence-corrected chi connectivity index (χ3v) is 4.15. The minimum Gasteiger partial charge on any atom is -0.356 e. The van der Waals surface area contributed by atoms with E-state index in [0.717, 1.165) is 31.4 Å². The standard InChI is InChI=1S/C18H32N4/c1-5-7-8-16(6-2)14-22-18(19-4)21-12-10-17-9-11-20-13-15(17)3/h9,11,13,16H,5-8,10,12,14H2,1-4H3,(H2,19,21,22). The molecule has 0 aliphatic rings. The SMILES string of the molecule is CCCCC(CC)CNC(=NC)NCCc1ccncc1C. The summed E-state index contributed by atoms with van der Waals surface area (Å²) < 4.78 is 0. The van der Waals surface area contributed by atoms with Gasteiger partial charge in [-0.3, -0.25) is 9.98 Å². The number of nitrogens with zero attached hydrogens (tertiary/aromatic N) is 2. The van der Waals surface area contributed by atoms with Crippen LogP contribution in [0.3, 0.4) is 0 Å². The van der Waals surface area contributed by atoms with Crippen molar-refractivity contribution >= 4 is 5.96 Å². The molecule has 0 aliphatic heterocycles. The third-order valence-electron chi connectivity index (χ3n) is 4.15. The van der Waals surface area contributed by atoms with E-state index < -0.39 is 0 Å². The zero-order chi connectivity index (χ0) is 16.2. The number of rotatable bonds is 9. The quantitative estimate of drug-likeness (QED) is 0.543. The number of aryl methyl sites for hydroxylation is 1. The summed E-state index contributed by atoms with van der Waals surface area (Å²) in [6.07, 6.45) is 9.87. The van der Waals surface area contributed by atoms with E-state index in [1.165, 1.54) is 36.8 Å². The van der Waals surface area contributed by atoms with E-state index in [9.17, 15) is 0 Å². The first-order valence-corrected chi connectivity index (χ1v) is 8.55. The number of aliphatic imine (C=N–C) groups is 1. The molecule has 0 saturated carbocycles. The first kappa shape index (κ1) is 18.5. The van der Waals surface area contributed by atoms with Gasteiger partial charge in [0.2, 0.25) is 0 Å². The lowest BCUT2D eigenvalue weighted by molar-refractivity contribution is 0.444. The fraction of sp³-hybridized carbons (Fsp3) is 0.667. The van der Waals surface area contributed by atoms with E-state index in [1.807, 2.05) is 19.4 Å². The van der Waals surface area contributed by atoms with Crippen LogP contribution in [0.2, 0.25) is 0 Å². The van der Waals surface area contributed by atoms with Crippen molar-refractivity contribution in [1.29, 1.82) is 0 Å². The van der Waals surface area contributed by atoms with Gasteiger partial charge >= 0.3 is 0 Å². The van der Waals surface area contributed by atoms with E-state index >= 15 is 0 Å². The van der Waals surface area contributed by atoms with Crippen LogP contribution in [-0.2, 0) is 6.42 Å². The summed E-state index contributed by atoms with van der Waals surface area (Å²) in [6, 6.07) is 2.09. The lowest BCUT2D eigenvalue weighted by Gasteiger charge is -2.18. The number of pyridine rings is 1. The van der Waals surface area contributed by atoms with Crippen LogP contribution in [0.25, 0.3) is 0 Å². The molecule has 0 bridgehead atoms. The van der Waals surface area contributed by atoms with Crippen molar-refractivity contribution in [3.05, 3.63) is 29.6 Å². The van der Waals surface area contributed by atoms with Crippen LogP contribution in [-0.4, -0.2) is 31.1 Å². The number of unbranched alkanes of at least 4 members (excludes halogenated alkanes) is 1. The maximum absolute atomic E-state index is 4.31. The van der Waals surface area contributed by atoms with Crippen LogP contribution >= 0.6 is 0 Å². The Bertz CT molecular complexity index is 442. The second-order valence-corrected chi connectivity index (χ2v) is 5.85. The Morgan fingerprint density at radius 3 is 2.77 bits per heavy atom. The zero-order valence-corrected chi connectivity index (χ0v) is 14.7. The summed E-state index contributed by atoms with van der Waals surface area (Å²) >= 11 is 0. The average Bonchev–Trinajstić information content (AvgIpc) is 2.54. The molecule has 0 aliphatic carbocycles. The lowest BCUT2D eigenvalue weighted by Crippen LogP contribution is -2.40. The van der Waals surface area contributed by atoms with Crippen LogP contribution in [0.1, 0.15) is 50.7 Å². The molecule has 0 amide bonds. The maximum atomic E-state index is 4.31. The fourth-order valence-electron chi connectivity index (χ4n) is 2.50. The van der Waals surface area contributed by atoms with Gasteiger partial charge < -0.3 is 10.6 Å². The molecule has 0 saturated heterocycles. The number of guanidine groups is 1. The van der Waals surface area contributed by atoms with E-state index in [2.05, 4.69) is 47.4 Å². The summed E-state index contributed by atoms with van der Waals surface area (Å²) in [4.78, 5) is 8.44. The van der Waals surface area contributed by atoms with Gasteiger partial charge in [-0.05, 0) is 42.9 Å². The number of nitrogens with one attached hydrogen (secondary N) is 2. The fourth-order valence-corrected chi connectivity index (χ4v) is 2.50. The summed E-state index contributed by atoms with van der Waals surface area (Å²) in [6.45, 7) is 8.52. The molecule has 4 heteroatoms. The largest absolute Gasteiger partial charge is 0.356 e. The van der Waals surface area contributed by atoms with Crippen LogP contribution in [0.4, 0.5) is 0 Å². The summed E-state index contributed by atoms with van der Waals surface area (Å²) in [5, 5.41) is 6.86. The van der Waals surface area contributed by atoms with Gasteiger partial charge in [-0.2, -0.15) is 0 Å². The minimum absolute atomic E-state index is 0.737. The number of hydrogen-bond acceptors (Lipinski definition) is 2. The molecule has 1 aromatic rings. The highest BCUT2D eigenvalue weighted by Gasteiger charge is 2.07. The summed E-state index contributed by atoms with van der Waals surface area (Å²) in [5.41, 5.74) is 2.59. The average molecular weight is 304 g/mol. The molecule has 1 heterocycles. The van der Waals surface area contributed by atoms with Gasteiger partial charge in [0.15, 0.2) is 5.96 Å². The van der Waals surface area contributed by atoms with Crippen molar-refractivity contribution in [3.63, 3.8) is 0 Å². The van der Waals surface area contributed by atoms with E-state index in [4.69, 9.17) is 0 Å². The highest BCUT2D eigenvalue weighted by Crippen LogP contribution is 2.11. The molecule has 1 atom stereocenters. The molecule has 124 valence electrons. The van der Waals surface area contributed by atoms with Crippen LogP contribution < -0.4 is 10.6 Å². The Kier molecular flexibility index (Phi) is 9.28. The minimum atomic E-state index is 0.737. The van der Waals surface area contributed by atoms with Gasteiger partial charge in [0.1, 0.15) is 0 Å². The predicted octanol–water partition coefficient (Wildman–Crippen LogP) is 3.31. The number of hydrogen-bond donors (Lipinski definition) is 2. The van der Waals surface area contributed by atoms with E-state index in [-0.39, 0.29) is 0 Å². The van der Waals surface area contributed by atoms with Crippen molar-refractivity contribution in [2.45, 2.75) is 52.9 Å². The van der Waals surface area contributed by atoms with Gasteiger partial charge in [-0.25, -0.2) is 0 Å². The molecule has 1 unspecified atom stereocenters. The second-order valence-electron chi connectivity index (χ2n) is 5.85. The van der Waals surface area contributed by atoms with Crippen molar-refractivity contribution in [2.75, 3.05) is 20.1 Å². The topological polar surface area (TPSA) is 49.3 Å². The van der Waals surface area contributed by atoms with Crippen molar-refractivity contribution in [1.82, 2.24) is 15.6 Å². The molecule has 0 spiro atoms. The monoisotopic (exact) mass is 304 g/mol. The van der Waals surface area contributed by atoms with Gasteiger partial charge in [0.05, 0.1) is 0 Å². The second kappa shape index (κ2) is 11.0. The zero-order valence-electron chi connectivity index (χ0n) is 14.7. The van der Waals surface area contributed by atoms with E-state index in [0.29, 0.717) is 0 Å². The Morgan fingerprint density at radius 2 is 2.14 bits per heavy atom. The lowest BCUT2D eigenvalue weighted by atomic mass is 9.99. The molecular weight excluding hydrogens is 272 g/mol. The van der Waals surface area contributed by atoms with Crippen molar-refractivity contribution < 1.29 is 0 Å². The Labute approximate surface area is 135 Å². The van der Waals surface area contributed by atoms with Crippen LogP contribution in [0.5, 0.6) is 0 Å². The Balaban J connectivity index is 2.32.